The molecule has 0 radical (unpaired) electrons. The first kappa shape index (κ1) is 29.2. The third-order valence-corrected chi connectivity index (χ3v) is 7.11. The van der Waals surface area contributed by atoms with Gasteiger partial charge in [-0.25, -0.2) is 0 Å². The molecule has 14 nitrogen and oxygen atoms in total. The van der Waals surface area contributed by atoms with Crippen LogP contribution < -0.4 is 10.2 Å². The van der Waals surface area contributed by atoms with Crippen molar-refractivity contribution < 1.29 is 64.2 Å². The molecule has 3 heterocycles. The Morgan fingerprint density at radius 1 is 0.829 bits per heavy atom. The first-order valence-electron chi connectivity index (χ1n) is 12.7. The van der Waals surface area contributed by atoms with Gasteiger partial charge in [-0.05, 0) is 31.2 Å². The molecule has 0 saturated carbocycles. The van der Waals surface area contributed by atoms with Crippen LogP contribution >= 0.6 is 0 Å². The Balaban J connectivity index is 1.46. The second-order valence-corrected chi connectivity index (χ2v) is 9.94. The lowest BCUT2D eigenvalue weighted by atomic mass is 9.97. The van der Waals surface area contributed by atoms with E-state index in [4.69, 9.17) is 23.4 Å². The topological polar surface area (TPSA) is 229 Å². The second-order valence-electron chi connectivity index (χ2n) is 9.94. The Kier molecular flexibility index (Phi) is 8.20. The van der Waals surface area contributed by atoms with Crippen molar-refractivity contribution in [2.45, 2.75) is 68.3 Å². The smallest absolute Gasteiger partial charge is 0.229 e. The molecule has 2 saturated heterocycles. The van der Waals surface area contributed by atoms with E-state index < -0.39 is 79.2 Å². The summed E-state index contributed by atoms with van der Waals surface area (Å²) in [6.45, 7) is 0.733. The lowest BCUT2D eigenvalue weighted by molar-refractivity contribution is -0.355. The van der Waals surface area contributed by atoms with Gasteiger partial charge in [-0.2, -0.15) is 0 Å². The number of aromatic hydroxyl groups is 2. The van der Waals surface area contributed by atoms with Gasteiger partial charge in [0.2, 0.25) is 6.29 Å². The summed E-state index contributed by atoms with van der Waals surface area (Å²) in [6.07, 6.45) is -15.4. The highest BCUT2D eigenvalue weighted by atomic mass is 16.8. The SMILES string of the molecule is CC1OC(Oc2cc(O)c3c(=O)cc(-c4ccc(O)cc4)oc3c2)C(OC2OC(CO)C(O)C(O)C2O)C(O)C1O. The minimum absolute atomic E-state index is 0.0136. The van der Waals surface area contributed by atoms with Crippen LogP contribution in [0.5, 0.6) is 17.2 Å². The summed E-state index contributed by atoms with van der Waals surface area (Å²) in [7, 11) is 0. The van der Waals surface area contributed by atoms with Crippen molar-refractivity contribution >= 4 is 11.0 Å². The molecule has 2 fully saturated rings. The quantitative estimate of drug-likeness (QED) is 0.174. The largest absolute Gasteiger partial charge is 0.508 e. The van der Waals surface area contributed by atoms with E-state index in [1.165, 1.54) is 43.3 Å². The Bertz CT molecular complexity index is 1420. The summed E-state index contributed by atoms with van der Waals surface area (Å²) in [6, 6.07) is 9.46. The fourth-order valence-electron chi connectivity index (χ4n) is 4.79. The number of aliphatic hydroxyl groups excluding tert-OH is 6. The summed E-state index contributed by atoms with van der Waals surface area (Å²) in [5.74, 6) is -0.424. The molecule has 1 aromatic heterocycles. The molecule has 8 N–H and O–H groups in total. The first-order valence-corrected chi connectivity index (χ1v) is 12.7. The van der Waals surface area contributed by atoms with Crippen LogP contribution in [0.15, 0.2) is 51.7 Å². The lowest BCUT2D eigenvalue weighted by Crippen LogP contribution is -2.64. The number of rotatable bonds is 6. The van der Waals surface area contributed by atoms with Crippen molar-refractivity contribution in [3.05, 3.63) is 52.7 Å². The Morgan fingerprint density at radius 2 is 1.54 bits per heavy atom. The number of phenolic OH excluding ortho intramolecular Hbond substituents is 2. The molecule has 10 atom stereocenters. The molecular weight excluding hydrogens is 548 g/mol. The van der Waals surface area contributed by atoms with Gasteiger partial charge in [-0.15, -0.1) is 0 Å². The van der Waals surface area contributed by atoms with E-state index in [1.54, 1.807) is 0 Å². The molecule has 0 aliphatic carbocycles. The number of ether oxygens (including phenoxy) is 4. The zero-order valence-electron chi connectivity index (χ0n) is 21.5. The normalized spacial score (nSPS) is 34.0. The van der Waals surface area contributed by atoms with E-state index >= 15 is 0 Å². The average Bonchev–Trinajstić information content (AvgIpc) is 2.93. The Morgan fingerprint density at radius 3 is 2.22 bits per heavy atom. The molecule has 10 unspecified atom stereocenters. The minimum atomic E-state index is -1.81. The van der Waals surface area contributed by atoms with Gasteiger partial charge in [0.15, 0.2) is 17.8 Å². The van der Waals surface area contributed by atoms with Crippen molar-refractivity contribution in [3.63, 3.8) is 0 Å². The molecule has 0 spiro atoms. The van der Waals surface area contributed by atoms with E-state index in [9.17, 15) is 45.6 Å². The van der Waals surface area contributed by atoms with E-state index in [2.05, 4.69) is 0 Å². The van der Waals surface area contributed by atoms with Crippen molar-refractivity contribution in [3.8, 4) is 28.6 Å². The molecule has 3 aromatic rings. The van der Waals surface area contributed by atoms with Gasteiger partial charge in [0, 0.05) is 23.8 Å². The van der Waals surface area contributed by atoms with Crippen molar-refractivity contribution in [1.29, 1.82) is 0 Å². The van der Waals surface area contributed by atoms with Gasteiger partial charge in [-0.1, -0.05) is 0 Å². The van der Waals surface area contributed by atoms with Crippen LogP contribution in [0.4, 0.5) is 0 Å². The van der Waals surface area contributed by atoms with Gasteiger partial charge >= 0.3 is 0 Å². The highest BCUT2D eigenvalue weighted by Gasteiger charge is 2.50. The molecule has 5 rings (SSSR count). The fraction of sp³-hybridized carbons (Fsp3) is 0.444. The Labute approximate surface area is 231 Å². The lowest BCUT2D eigenvalue weighted by Gasteiger charge is -2.45. The second kappa shape index (κ2) is 11.5. The number of phenols is 2. The van der Waals surface area contributed by atoms with E-state index in [-0.39, 0.29) is 28.2 Å². The maximum Gasteiger partial charge on any atom is 0.229 e. The minimum Gasteiger partial charge on any atom is -0.508 e. The molecule has 2 aliphatic rings. The van der Waals surface area contributed by atoms with Gasteiger partial charge in [0.05, 0.1) is 12.7 Å². The number of aliphatic hydroxyl groups is 6. The third kappa shape index (κ3) is 5.61. The zero-order valence-corrected chi connectivity index (χ0v) is 21.5. The van der Waals surface area contributed by atoms with Crippen LogP contribution in [0.1, 0.15) is 6.92 Å². The Hall–Kier alpha value is -3.31. The number of benzene rings is 2. The summed E-state index contributed by atoms with van der Waals surface area (Å²) in [4.78, 5) is 12.8. The molecule has 14 heteroatoms. The maximum atomic E-state index is 12.8. The summed E-state index contributed by atoms with van der Waals surface area (Å²) < 4.78 is 28.4. The number of fused-ring (bicyclic) bond motifs is 1. The van der Waals surface area contributed by atoms with Crippen molar-refractivity contribution in [2.24, 2.45) is 0 Å². The summed E-state index contributed by atoms with van der Waals surface area (Å²) >= 11 is 0. The van der Waals surface area contributed by atoms with Crippen molar-refractivity contribution in [2.75, 3.05) is 6.61 Å². The predicted octanol–water partition coefficient (Wildman–Crippen LogP) is -1.10. The van der Waals surface area contributed by atoms with E-state index in [0.717, 1.165) is 6.07 Å². The van der Waals surface area contributed by atoms with E-state index in [1.807, 2.05) is 0 Å². The number of hydrogen-bond donors (Lipinski definition) is 8. The highest BCUT2D eigenvalue weighted by molar-refractivity contribution is 5.86. The van der Waals surface area contributed by atoms with Crippen LogP contribution in [-0.2, 0) is 14.2 Å². The molecule has 41 heavy (non-hydrogen) atoms. The van der Waals surface area contributed by atoms with Gasteiger partial charge in [-0.3, -0.25) is 4.79 Å². The molecule has 2 aromatic carbocycles. The first-order chi connectivity index (χ1) is 19.5. The van der Waals surface area contributed by atoms with Gasteiger partial charge < -0.3 is 64.2 Å². The molecule has 222 valence electrons. The van der Waals surface area contributed by atoms with Crippen molar-refractivity contribution in [1.82, 2.24) is 0 Å². The number of hydrogen-bond acceptors (Lipinski definition) is 14. The highest BCUT2D eigenvalue weighted by Crippen LogP contribution is 2.35. The average molecular weight is 579 g/mol. The molecule has 0 amide bonds. The van der Waals surface area contributed by atoms with E-state index in [0.29, 0.717) is 5.56 Å². The van der Waals surface area contributed by atoms with Gasteiger partial charge in [0.25, 0.3) is 0 Å². The zero-order chi connectivity index (χ0) is 29.6. The van der Waals surface area contributed by atoms with Crippen LogP contribution in [0.3, 0.4) is 0 Å². The molecular formula is C27H30O14. The van der Waals surface area contributed by atoms with Crippen LogP contribution in [0, 0.1) is 0 Å². The molecule has 2 aliphatic heterocycles. The van der Waals surface area contributed by atoms with Crippen LogP contribution in [0.25, 0.3) is 22.3 Å². The fourth-order valence-corrected chi connectivity index (χ4v) is 4.79. The maximum absolute atomic E-state index is 12.8. The molecule has 0 bridgehead atoms. The van der Waals surface area contributed by atoms with Gasteiger partial charge in [0.1, 0.15) is 70.6 Å². The predicted molar refractivity (Wildman–Crippen MR) is 137 cm³/mol. The third-order valence-electron chi connectivity index (χ3n) is 7.11. The van der Waals surface area contributed by atoms with Crippen LogP contribution in [-0.4, -0.2) is 109 Å². The summed E-state index contributed by atoms with van der Waals surface area (Å²) in [5, 5.41) is 81.2. The standard InChI is InChI=1S/C27H30O14/c1-10-20(32)23(35)25(41-26-24(36)22(34)21(33)18(9-28)40-26)27(37-10)38-13-6-14(30)19-15(31)8-16(39-17(19)7-13)11-2-4-12(29)5-3-11/h2-8,10,18,20-30,32-36H,9H2,1H3. The monoisotopic (exact) mass is 578 g/mol. The summed E-state index contributed by atoms with van der Waals surface area (Å²) in [5.41, 5.74) is -0.142. The van der Waals surface area contributed by atoms with Crippen LogP contribution in [0.2, 0.25) is 0 Å².